The van der Waals surface area contributed by atoms with Crippen LogP contribution in [0.5, 0.6) is 0 Å². The molecular weight excluding hydrogens is 374 g/mol. The number of hydrogen-bond donors (Lipinski definition) is 1. The fourth-order valence-electron chi connectivity index (χ4n) is 4.63. The monoisotopic (exact) mass is 419 g/mol. The van der Waals surface area contributed by atoms with Crippen molar-refractivity contribution in [3.8, 4) is 0 Å². The molecule has 0 radical (unpaired) electrons. The summed E-state index contributed by atoms with van der Waals surface area (Å²) in [7, 11) is 0. The van der Waals surface area contributed by atoms with Gasteiger partial charge in [-0.3, -0.25) is 0 Å². The summed E-state index contributed by atoms with van der Waals surface area (Å²) in [5.41, 5.74) is 4.16. The molecule has 2 aromatic rings. The molecule has 0 unspecified atom stereocenters. The Bertz CT molecular complexity index is 656. The molecule has 0 saturated heterocycles. The van der Waals surface area contributed by atoms with E-state index in [1.807, 2.05) is 0 Å². The van der Waals surface area contributed by atoms with Crippen LogP contribution in [0.15, 0.2) is 72.9 Å². The molecule has 0 amide bonds. The lowest BCUT2D eigenvalue weighted by Gasteiger charge is -2.26. The van der Waals surface area contributed by atoms with Gasteiger partial charge in [0.15, 0.2) is 0 Å². The number of rotatable bonds is 10. The van der Waals surface area contributed by atoms with Gasteiger partial charge < -0.3 is 5.32 Å². The topological polar surface area (TPSA) is 12.0 Å². The van der Waals surface area contributed by atoms with Crippen molar-refractivity contribution in [3.63, 3.8) is 0 Å². The van der Waals surface area contributed by atoms with E-state index in [1.54, 1.807) is 0 Å². The van der Waals surface area contributed by atoms with Crippen LogP contribution < -0.4 is 5.32 Å². The second kappa shape index (κ2) is 14.9. The van der Waals surface area contributed by atoms with Crippen molar-refractivity contribution in [1.82, 2.24) is 5.32 Å². The molecule has 1 aliphatic carbocycles. The molecule has 0 aromatic heterocycles. The highest BCUT2D eigenvalue weighted by molar-refractivity contribution is 5.32. The highest BCUT2D eigenvalue weighted by atomic mass is 14.9. The van der Waals surface area contributed by atoms with Crippen LogP contribution in [-0.2, 0) is 0 Å². The fourth-order valence-corrected chi connectivity index (χ4v) is 4.63. The molecule has 0 aliphatic heterocycles. The van der Waals surface area contributed by atoms with Gasteiger partial charge in [-0.2, -0.15) is 0 Å². The van der Waals surface area contributed by atoms with Gasteiger partial charge in [-0.25, -0.2) is 0 Å². The molecule has 0 heterocycles. The van der Waals surface area contributed by atoms with Crippen LogP contribution in [0.2, 0.25) is 0 Å². The van der Waals surface area contributed by atoms with Crippen molar-refractivity contribution in [2.75, 3.05) is 6.54 Å². The molecule has 1 N–H and O–H groups in total. The Morgan fingerprint density at radius 1 is 0.839 bits per heavy atom. The van der Waals surface area contributed by atoms with Gasteiger partial charge in [0.25, 0.3) is 0 Å². The zero-order chi connectivity index (χ0) is 22.3. The van der Waals surface area contributed by atoms with Crippen molar-refractivity contribution in [3.05, 3.63) is 84.1 Å². The first-order valence-electron chi connectivity index (χ1n) is 12.7. The van der Waals surface area contributed by atoms with Crippen molar-refractivity contribution in [1.29, 1.82) is 0 Å². The van der Waals surface area contributed by atoms with Crippen LogP contribution in [0.1, 0.15) is 95.6 Å². The molecule has 1 aliphatic rings. The molecule has 2 aromatic carbocycles. The fraction of sp³-hybridized carbons (Fsp3) is 0.533. The number of nitrogens with one attached hydrogen (secondary N) is 1. The Morgan fingerprint density at radius 2 is 1.35 bits per heavy atom. The highest BCUT2D eigenvalue weighted by Gasteiger charge is 2.16. The minimum absolute atomic E-state index is 0.549. The summed E-state index contributed by atoms with van der Waals surface area (Å²) < 4.78 is 0. The van der Waals surface area contributed by atoms with Gasteiger partial charge in [-0.05, 0) is 42.2 Å². The Kier molecular flexibility index (Phi) is 12.1. The predicted molar refractivity (Wildman–Crippen MR) is 137 cm³/mol. The van der Waals surface area contributed by atoms with Gasteiger partial charge in [0.05, 0.1) is 0 Å². The molecule has 31 heavy (non-hydrogen) atoms. The van der Waals surface area contributed by atoms with E-state index >= 15 is 0 Å². The molecule has 170 valence electrons. The van der Waals surface area contributed by atoms with Gasteiger partial charge >= 0.3 is 0 Å². The lowest BCUT2D eigenvalue weighted by molar-refractivity contribution is 0.374. The van der Waals surface area contributed by atoms with Gasteiger partial charge in [0.2, 0.25) is 0 Å². The number of hydrogen-bond acceptors (Lipinski definition) is 1. The van der Waals surface area contributed by atoms with E-state index in [0.29, 0.717) is 5.92 Å². The second-order valence-corrected chi connectivity index (χ2v) is 9.09. The van der Waals surface area contributed by atoms with Crippen molar-refractivity contribution in [2.45, 2.75) is 84.5 Å². The molecule has 0 atom stereocenters. The van der Waals surface area contributed by atoms with Crippen LogP contribution in [0, 0.1) is 11.8 Å². The van der Waals surface area contributed by atoms with Gasteiger partial charge in [0.1, 0.15) is 0 Å². The minimum Gasteiger partial charge on any atom is -0.388 e. The van der Waals surface area contributed by atoms with E-state index < -0.39 is 0 Å². The molecule has 0 bridgehead atoms. The molecule has 1 saturated carbocycles. The van der Waals surface area contributed by atoms with Gasteiger partial charge in [0, 0.05) is 18.2 Å². The number of allylic oxidation sites excluding steroid dienone is 1. The lowest BCUT2D eigenvalue weighted by atomic mass is 9.87. The normalized spacial score (nSPS) is 14.2. The first kappa shape index (κ1) is 25.2. The van der Waals surface area contributed by atoms with Crippen LogP contribution in [0.25, 0.3) is 0 Å². The number of benzene rings is 2. The van der Waals surface area contributed by atoms with Crippen LogP contribution >= 0.6 is 0 Å². The summed E-state index contributed by atoms with van der Waals surface area (Å²) >= 11 is 0. The first-order valence-corrected chi connectivity index (χ1v) is 12.7. The summed E-state index contributed by atoms with van der Waals surface area (Å²) in [5.74, 6) is 2.13. The Balaban J connectivity index is 0.000000221. The van der Waals surface area contributed by atoms with Crippen LogP contribution in [0.4, 0.5) is 0 Å². The van der Waals surface area contributed by atoms with Crippen molar-refractivity contribution < 1.29 is 0 Å². The molecule has 1 fully saturated rings. The molecule has 0 spiro atoms. The summed E-state index contributed by atoms with van der Waals surface area (Å²) in [6.07, 6.45) is 11.9. The van der Waals surface area contributed by atoms with Gasteiger partial charge in [-0.1, -0.05) is 127 Å². The first-order chi connectivity index (χ1) is 15.2. The summed E-state index contributed by atoms with van der Waals surface area (Å²) in [6.45, 7) is 12.1. The van der Waals surface area contributed by atoms with Crippen molar-refractivity contribution >= 4 is 0 Å². The third kappa shape index (κ3) is 8.93. The molecule has 3 rings (SSSR count). The predicted octanol–water partition coefficient (Wildman–Crippen LogP) is 8.72. The average molecular weight is 420 g/mol. The Morgan fingerprint density at radius 3 is 1.81 bits per heavy atom. The van der Waals surface area contributed by atoms with Crippen LogP contribution in [-0.4, -0.2) is 6.54 Å². The highest BCUT2D eigenvalue weighted by Crippen LogP contribution is 2.29. The quantitative estimate of drug-likeness (QED) is 0.406. The lowest BCUT2D eigenvalue weighted by Crippen LogP contribution is -2.26. The van der Waals surface area contributed by atoms with Crippen LogP contribution in [0.3, 0.4) is 0 Å². The Hall–Kier alpha value is -2.02. The maximum absolute atomic E-state index is 4.21. The molecule has 1 heteroatoms. The second-order valence-electron chi connectivity index (χ2n) is 9.09. The van der Waals surface area contributed by atoms with E-state index in [2.05, 4.69) is 93.3 Å². The minimum atomic E-state index is 0.549. The third-order valence-electron chi connectivity index (χ3n) is 6.85. The van der Waals surface area contributed by atoms with E-state index in [1.165, 1.54) is 74.6 Å². The zero-order valence-electron chi connectivity index (χ0n) is 20.3. The van der Waals surface area contributed by atoms with E-state index in [-0.39, 0.29) is 0 Å². The molecular formula is C30H45N. The zero-order valence-corrected chi connectivity index (χ0v) is 20.3. The summed E-state index contributed by atoms with van der Waals surface area (Å²) in [4.78, 5) is 0. The standard InChI is InChI=1S/C16H18.C14H27N/c1-2-9-16(14-10-5-3-6-11-14)15-12-7-4-8-13-15;1-4-13(5-2)11-15-12(3)14-9-7-6-8-10-14/h3-8,10-13,16H,2,9H2,1H3;13-15H,3-11H2,1-2H3. The maximum Gasteiger partial charge on any atom is 0.0172 e. The SMILES string of the molecule is C=C(NCC(CC)CC)C1CCCCC1.CCCC(c1ccccc1)c1ccccc1. The Labute approximate surface area is 192 Å². The molecule has 1 nitrogen and oxygen atoms in total. The average Bonchev–Trinajstić information content (AvgIpc) is 2.85. The van der Waals surface area contributed by atoms with Gasteiger partial charge in [-0.15, -0.1) is 0 Å². The van der Waals surface area contributed by atoms with E-state index in [0.717, 1.165) is 18.4 Å². The largest absolute Gasteiger partial charge is 0.388 e. The van der Waals surface area contributed by atoms with Crippen molar-refractivity contribution in [2.24, 2.45) is 11.8 Å². The summed E-state index contributed by atoms with van der Waals surface area (Å²) in [6, 6.07) is 21.6. The summed E-state index contributed by atoms with van der Waals surface area (Å²) in [5, 5.41) is 3.56. The van der Waals surface area contributed by atoms with E-state index in [9.17, 15) is 0 Å². The maximum atomic E-state index is 4.21. The third-order valence-corrected chi connectivity index (χ3v) is 6.85. The van der Waals surface area contributed by atoms with E-state index in [4.69, 9.17) is 0 Å². The smallest absolute Gasteiger partial charge is 0.0172 e.